The SMILES string of the molecule is CCOCc1c(CNC2CC2)oc2ccccc12. The standard InChI is InChI=1S/C15H19NO2/c1-2-17-10-13-12-5-3-4-6-14(12)18-15(13)9-16-11-7-8-11/h3-6,11,16H,2,7-10H2,1H3. The van der Waals surface area contributed by atoms with Crippen LogP contribution in [0.1, 0.15) is 31.1 Å². The van der Waals surface area contributed by atoms with Gasteiger partial charge in [0.2, 0.25) is 0 Å². The molecule has 0 radical (unpaired) electrons. The molecule has 1 N–H and O–H groups in total. The number of furan rings is 1. The molecule has 0 spiro atoms. The summed E-state index contributed by atoms with van der Waals surface area (Å²) in [6, 6.07) is 8.87. The molecular weight excluding hydrogens is 226 g/mol. The van der Waals surface area contributed by atoms with Gasteiger partial charge in [-0.05, 0) is 25.8 Å². The predicted molar refractivity (Wildman–Crippen MR) is 71.4 cm³/mol. The second-order valence-electron chi connectivity index (χ2n) is 4.79. The zero-order valence-corrected chi connectivity index (χ0v) is 10.7. The Bertz CT molecular complexity index is 528. The zero-order chi connectivity index (χ0) is 12.4. The molecular formula is C15H19NO2. The molecule has 1 heterocycles. The largest absolute Gasteiger partial charge is 0.459 e. The summed E-state index contributed by atoms with van der Waals surface area (Å²) in [6.45, 7) is 4.19. The summed E-state index contributed by atoms with van der Waals surface area (Å²) in [4.78, 5) is 0. The van der Waals surface area contributed by atoms with Crippen molar-refractivity contribution in [3.05, 3.63) is 35.6 Å². The molecule has 1 aromatic carbocycles. The molecule has 1 saturated carbocycles. The molecule has 18 heavy (non-hydrogen) atoms. The third kappa shape index (κ3) is 2.42. The van der Waals surface area contributed by atoms with Crippen molar-refractivity contribution in [3.63, 3.8) is 0 Å². The average molecular weight is 245 g/mol. The monoisotopic (exact) mass is 245 g/mol. The lowest BCUT2D eigenvalue weighted by molar-refractivity contribution is 0.133. The molecule has 1 aromatic heterocycles. The van der Waals surface area contributed by atoms with Crippen molar-refractivity contribution in [2.75, 3.05) is 6.61 Å². The van der Waals surface area contributed by atoms with Crippen LogP contribution in [0.25, 0.3) is 11.0 Å². The Morgan fingerprint density at radius 3 is 2.94 bits per heavy atom. The van der Waals surface area contributed by atoms with Gasteiger partial charge in [0.15, 0.2) is 0 Å². The first-order chi connectivity index (χ1) is 8.88. The fraction of sp³-hybridized carbons (Fsp3) is 0.467. The van der Waals surface area contributed by atoms with Crippen molar-refractivity contribution in [3.8, 4) is 0 Å². The second kappa shape index (κ2) is 5.12. The number of benzene rings is 1. The summed E-state index contributed by atoms with van der Waals surface area (Å²) in [5.41, 5.74) is 2.15. The molecule has 3 heteroatoms. The van der Waals surface area contributed by atoms with Gasteiger partial charge in [-0.2, -0.15) is 0 Å². The van der Waals surface area contributed by atoms with Crippen LogP contribution in [-0.4, -0.2) is 12.6 Å². The van der Waals surface area contributed by atoms with Crippen LogP contribution in [0.3, 0.4) is 0 Å². The third-order valence-electron chi connectivity index (χ3n) is 3.36. The Hall–Kier alpha value is -1.32. The molecule has 1 aliphatic rings. The maximum Gasteiger partial charge on any atom is 0.134 e. The normalized spacial score (nSPS) is 15.4. The van der Waals surface area contributed by atoms with Crippen LogP contribution in [-0.2, 0) is 17.9 Å². The van der Waals surface area contributed by atoms with Gasteiger partial charge >= 0.3 is 0 Å². The van der Waals surface area contributed by atoms with Crippen molar-refractivity contribution in [1.82, 2.24) is 5.32 Å². The van der Waals surface area contributed by atoms with Gasteiger partial charge in [0.1, 0.15) is 11.3 Å². The van der Waals surface area contributed by atoms with Gasteiger partial charge in [-0.1, -0.05) is 18.2 Å². The Morgan fingerprint density at radius 2 is 2.17 bits per heavy atom. The molecule has 0 bridgehead atoms. The lowest BCUT2D eigenvalue weighted by Gasteiger charge is -2.04. The predicted octanol–water partition coefficient (Wildman–Crippen LogP) is 3.22. The first-order valence-electron chi connectivity index (χ1n) is 6.69. The van der Waals surface area contributed by atoms with Gasteiger partial charge in [0.05, 0.1) is 13.2 Å². The van der Waals surface area contributed by atoms with Gasteiger partial charge in [-0.3, -0.25) is 0 Å². The topological polar surface area (TPSA) is 34.4 Å². The quantitative estimate of drug-likeness (QED) is 0.848. The lowest BCUT2D eigenvalue weighted by Crippen LogP contribution is -2.15. The van der Waals surface area contributed by atoms with Gasteiger partial charge < -0.3 is 14.5 Å². The van der Waals surface area contributed by atoms with Crippen molar-refractivity contribution in [1.29, 1.82) is 0 Å². The fourth-order valence-corrected chi connectivity index (χ4v) is 2.18. The van der Waals surface area contributed by atoms with Gasteiger partial charge in [0, 0.05) is 23.6 Å². The van der Waals surface area contributed by atoms with E-state index in [4.69, 9.17) is 9.15 Å². The van der Waals surface area contributed by atoms with Crippen LogP contribution in [0, 0.1) is 0 Å². The number of fused-ring (bicyclic) bond motifs is 1. The van der Waals surface area contributed by atoms with E-state index < -0.39 is 0 Å². The van der Waals surface area contributed by atoms with Crippen molar-refractivity contribution < 1.29 is 9.15 Å². The van der Waals surface area contributed by atoms with Crippen LogP contribution < -0.4 is 5.32 Å². The van der Waals surface area contributed by atoms with E-state index in [9.17, 15) is 0 Å². The molecule has 1 fully saturated rings. The van der Waals surface area contributed by atoms with E-state index in [2.05, 4.69) is 11.4 Å². The molecule has 0 atom stereocenters. The van der Waals surface area contributed by atoms with Gasteiger partial charge in [-0.25, -0.2) is 0 Å². The summed E-state index contributed by atoms with van der Waals surface area (Å²) in [5.74, 6) is 1.02. The highest BCUT2D eigenvalue weighted by Crippen LogP contribution is 2.27. The van der Waals surface area contributed by atoms with Crippen molar-refractivity contribution >= 4 is 11.0 Å². The van der Waals surface area contributed by atoms with E-state index in [1.54, 1.807) is 0 Å². The number of hydrogen-bond donors (Lipinski definition) is 1. The molecule has 0 unspecified atom stereocenters. The highest BCUT2D eigenvalue weighted by atomic mass is 16.5. The number of ether oxygens (including phenoxy) is 1. The van der Waals surface area contributed by atoms with Crippen LogP contribution in [0.2, 0.25) is 0 Å². The highest BCUT2D eigenvalue weighted by molar-refractivity contribution is 5.82. The second-order valence-corrected chi connectivity index (χ2v) is 4.79. The van der Waals surface area contributed by atoms with Gasteiger partial charge in [0.25, 0.3) is 0 Å². The van der Waals surface area contributed by atoms with E-state index in [1.807, 2.05) is 25.1 Å². The van der Waals surface area contributed by atoms with E-state index in [0.29, 0.717) is 12.6 Å². The van der Waals surface area contributed by atoms with Crippen LogP contribution in [0.4, 0.5) is 0 Å². The van der Waals surface area contributed by atoms with E-state index in [1.165, 1.54) is 23.8 Å². The van der Waals surface area contributed by atoms with E-state index in [-0.39, 0.29) is 0 Å². The Labute approximate surface area is 107 Å². The maximum absolute atomic E-state index is 5.93. The highest BCUT2D eigenvalue weighted by Gasteiger charge is 2.22. The molecule has 0 aliphatic heterocycles. The Morgan fingerprint density at radius 1 is 1.33 bits per heavy atom. The Kier molecular flexibility index (Phi) is 3.35. The van der Waals surface area contributed by atoms with E-state index >= 15 is 0 Å². The molecule has 96 valence electrons. The minimum absolute atomic E-state index is 0.634. The summed E-state index contributed by atoms with van der Waals surface area (Å²) in [5, 5.41) is 4.68. The molecule has 2 aromatic rings. The number of hydrogen-bond acceptors (Lipinski definition) is 3. The summed E-state index contributed by atoms with van der Waals surface area (Å²) in [7, 11) is 0. The maximum atomic E-state index is 5.93. The molecule has 1 aliphatic carbocycles. The third-order valence-corrected chi connectivity index (χ3v) is 3.36. The average Bonchev–Trinajstić information content (AvgIpc) is 3.16. The number of nitrogens with one attached hydrogen (secondary N) is 1. The summed E-state index contributed by atoms with van der Waals surface area (Å²) >= 11 is 0. The smallest absolute Gasteiger partial charge is 0.134 e. The lowest BCUT2D eigenvalue weighted by atomic mass is 10.1. The Balaban J connectivity index is 1.88. The number of para-hydroxylation sites is 1. The summed E-state index contributed by atoms with van der Waals surface area (Å²) < 4.78 is 11.5. The first-order valence-corrected chi connectivity index (χ1v) is 6.69. The van der Waals surface area contributed by atoms with Crippen molar-refractivity contribution in [2.45, 2.75) is 39.0 Å². The van der Waals surface area contributed by atoms with Crippen molar-refractivity contribution in [2.24, 2.45) is 0 Å². The summed E-state index contributed by atoms with van der Waals surface area (Å²) in [6.07, 6.45) is 2.59. The van der Waals surface area contributed by atoms with Crippen LogP contribution >= 0.6 is 0 Å². The molecule has 3 rings (SSSR count). The molecule has 0 saturated heterocycles. The minimum atomic E-state index is 0.634. The first kappa shape index (κ1) is 11.8. The van der Waals surface area contributed by atoms with Crippen LogP contribution in [0.15, 0.2) is 28.7 Å². The van der Waals surface area contributed by atoms with Gasteiger partial charge in [-0.15, -0.1) is 0 Å². The molecule has 3 nitrogen and oxygen atoms in total. The minimum Gasteiger partial charge on any atom is -0.459 e. The zero-order valence-electron chi connectivity index (χ0n) is 10.7. The van der Waals surface area contributed by atoms with Crippen LogP contribution in [0.5, 0.6) is 0 Å². The van der Waals surface area contributed by atoms with E-state index in [0.717, 1.165) is 24.5 Å². The molecule has 0 amide bonds. The fourth-order valence-electron chi connectivity index (χ4n) is 2.18. The number of rotatable bonds is 6.